The molecule has 0 bridgehead atoms. The molecule has 4 unspecified atom stereocenters. The highest BCUT2D eigenvalue weighted by Crippen LogP contribution is 2.42. The predicted molar refractivity (Wildman–Crippen MR) is 146 cm³/mol. The molecule has 6 N–H and O–H groups in total. The van der Waals surface area contributed by atoms with E-state index in [1.54, 1.807) is 36.6 Å². The zero-order chi connectivity index (χ0) is 29.8. The second-order valence-corrected chi connectivity index (χ2v) is 10.2. The Balaban J connectivity index is 1.63. The molecule has 1 aromatic heterocycles. The lowest BCUT2D eigenvalue weighted by Gasteiger charge is -2.39. The van der Waals surface area contributed by atoms with E-state index >= 15 is 0 Å². The van der Waals surface area contributed by atoms with Gasteiger partial charge < -0.3 is 49.5 Å². The van der Waals surface area contributed by atoms with E-state index in [2.05, 4.69) is 5.32 Å². The minimum atomic E-state index is -1.95. The summed E-state index contributed by atoms with van der Waals surface area (Å²) in [6, 6.07) is 9.74. The van der Waals surface area contributed by atoms with Crippen molar-refractivity contribution in [3.8, 4) is 28.6 Å². The fraction of sp³-hybridized carbons (Fsp3) is 0.370. The second kappa shape index (κ2) is 12.8. The van der Waals surface area contributed by atoms with Gasteiger partial charge in [0.2, 0.25) is 12.0 Å². The number of carbonyl (C=O) groups is 2. The number of phenolic OH excluding ortho intramolecular Hbond substituents is 2. The Labute approximate surface area is 237 Å². The van der Waals surface area contributed by atoms with Crippen molar-refractivity contribution >= 4 is 34.6 Å². The fourth-order valence-electron chi connectivity index (χ4n) is 4.27. The summed E-state index contributed by atoms with van der Waals surface area (Å²) in [4.78, 5) is 37.8. The highest BCUT2D eigenvalue weighted by atomic mass is 32.2. The lowest BCUT2D eigenvalue weighted by molar-refractivity contribution is -0.267. The molecule has 0 spiro atoms. The van der Waals surface area contributed by atoms with Gasteiger partial charge in [-0.15, -0.1) is 0 Å². The van der Waals surface area contributed by atoms with Gasteiger partial charge in [-0.3, -0.25) is 9.59 Å². The third-order valence-corrected chi connectivity index (χ3v) is 7.12. The van der Waals surface area contributed by atoms with E-state index < -0.39 is 71.3 Å². The van der Waals surface area contributed by atoms with Crippen molar-refractivity contribution in [2.75, 3.05) is 19.1 Å². The molecule has 220 valence electrons. The summed E-state index contributed by atoms with van der Waals surface area (Å²) in [6.45, 7) is 0. The van der Waals surface area contributed by atoms with Gasteiger partial charge in [-0.1, -0.05) is 30.3 Å². The largest absolute Gasteiger partial charge is 0.504 e. The average molecular weight is 592 g/mol. The molecule has 41 heavy (non-hydrogen) atoms. The number of amides is 1. The number of hydrogen-bond acceptors (Lipinski definition) is 13. The third kappa shape index (κ3) is 6.26. The zero-order valence-corrected chi connectivity index (χ0v) is 22.7. The van der Waals surface area contributed by atoms with Crippen molar-refractivity contribution in [3.05, 3.63) is 52.7 Å². The van der Waals surface area contributed by atoms with Gasteiger partial charge >= 0.3 is 5.97 Å². The summed E-state index contributed by atoms with van der Waals surface area (Å²) in [6.07, 6.45) is -7.48. The summed E-state index contributed by atoms with van der Waals surface area (Å²) in [5.74, 6) is -3.39. The summed E-state index contributed by atoms with van der Waals surface area (Å²) in [5.41, 5.74) is -0.284. The lowest BCUT2D eigenvalue weighted by Crippen LogP contribution is -2.63. The molecule has 14 heteroatoms. The first-order chi connectivity index (χ1) is 19.6. The summed E-state index contributed by atoms with van der Waals surface area (Å²) >= 11 is 1.42. The van der Waals surface area contributed by atoms with Crippen molar-refractivity contribution in [2.24, 2.45) is 0 Å². The van der Waals surface area contributed by atoms with Crippen LogP contribution in [-0.2, 0) is 19.1 Å². The van der Waals surface area contributed by atoms with Crippen molar-refractivity contribution in [2.45, 2.75) is 43.2 Å². The molecule has 0 aliphatic carbocycles. The molecule has 2 heterocycles. The number of aliphatic hydroxyl groups excluding tert-OH is 3. The number of aliphatic hydroxyl groups is 3. The molecule has 3 aromatic rings. The average Bonchev–Trinajstić information content (AvgIpc) is 2.97. The van der Waals surface area contributed by atoms with E-state index in [-0.39, 0.29) is 23.2 Å². The van der Waals surface area contributed by atoms with Gasteiger partial charge in [-0.2, -0.15) is 11.8 Å². The van der Waals surface area contributed by atoms with E-state index in [4.69, 9.17) is 18.6 Å². The van der Waals surface area contributed by atoms with Crippen LogP contribution in [0.25, 0.3) is 22.3 Å². The number of ether oxygens (including phenoxy) is 3. The van der Waals surface area contributed by atoms with Crippen LogP contribution < -0.4 is 15.5 Å². The van der Waals surface area contributed by atoms with Crippen LogP contribution in [0.1, 0.15) is 6.42 Å². The van der Waals surface area contributed by atoms with Crippen molar-refractivity contribution in [1.82, 2.24) is 5.32 Å². The van der Waals surface area contributed by atoms with Gasteiger partial charge in [0.1, 0.15) is 41.1 Å². The van der Waals surface area contributed by atoms with E-state index in [0.29, 0.717) is 11.3 Å². The SMILES string of the molecule is COC(=O)C(CCSC)NC(=O)C1O[C@@H](Oc2cc3oc(-c4ccccc4)cc(=O)c3c(O)c2O)C(O)C(O)[C@@H]1O. The maximum Gasteiger partial charge on any atom is 0.328 e. The summed E-state index contributed by atoms with van der Waals surface area (Å²) in [5, 5.41) is 54.6. The first-order valence-corrected chi connectivity index (χ1v) is 13.8. The standard InChI is InChI=1S/C27H29NO12S/c1-37-26(36)13(8-9-41-2)28-25(35)24-22(33)21(32)23(34)27(40-24)39-17-11-16-18(20(31)19(17)30)14(29)10-15(38-16)12-6-4-3-5-7-12/h3-7,10-11,13,21-24,27,30-34H,8-9H2,1-2H3,(H,28,35)/t13?,21?,22-,23?,24?,27+/m0/s1. The number of fused-ring (bicyclic) bond motifs is 1. The van der Waals surface area contributed by atoms with Crippen LogP contribution in [0.4, 0.5) is 0 Å². The Bertz CT molecular complexity index is 1460. The van der Waals surface area contributed by atoms with Crippen LogP contribution in [0.2, 0.25) is 0 Å². The zero-order valence-electron chi connectivity index (χ0n) is 21.9. The van der Waals surface area contributed by atoms with Crippen molar-refractivity contribution in [1.29, 1.82) is 0 Å². The smallest absolute Gasteiger partial charge is 0.328 e. The van der Waals surface area contributed by atoms with Crippen LogP contribution in [0.3, 0.4) is 0 Å². The number of hydrogen-bond donors (Lipinski definition) is 6. The van der Waals surface area contributed by atoms with Gasteiger partial charge in [-0.25, -0.2) is 4.79 Å². The Kier molecular flexibility index (Phi) is 9.40. The first-order valence-electron chi connectivity index (χ1n) is 12.4. The van der Waals surface area contributed by atoms with Gasteiger partial charge in [0.15, 0.2) is 23.0 Å². The minimum Gasteiger partial charge on any atom is -0.504 e. The van der Waals surface area contributed by atoms with E-state index in [9.17, 15) is 39.9 Å². The highest BCUT2D eigenvalue weighted by Gasteiger charge is 2.48. The molecule has 2 aromatic carbocycles. The van der Waals surface area contributed by atoms with Gasteiger partial charge in [0.05, 0.1) is 7.11 Å². The molecule has 1 fully saturated rings. The Morgan fingerprint density at radius 2 is 1.76 bits per heavy atom. The maximum absolute atomic E-state index is 13.0. The molecule has 0 saturated carbocycles. The van der Waals surface area contributed by atoms with Crippen LogP contribution in [0, 0.1) is 0 Å². The predicted octanol–water partition coefficient (Wildman–Crippen LogP) is 0.468. The Morgan fingerprint density at radius 1 is 1.05 bits per heavy atom. The van der Waals surface area contributed by atoms with Crippen LogP contribution in [-0.4, -0.2) is 93.3 Å². The van der Waals surface area contributed by atoms with Crippen molar-refractivity contribution < 1.29 is 53.7 Å². The molecular weight excluding hydrogens is 562 g/mol. The molecule has 1 saturated heterocycles. The molecule has 4 rings (SSSR count). The third-order valence-electron chi connectivity index (χ3n) is 6.47. The molecule has 0 radical (unpaired) electrons. The highest BCUT2D eigenvalue weighted by molar-refractivity contribution is 7.98. The van der Waals surface area contributed by atoms with Crippen LogP contribution in [0.5, 0.6) is 17.2 Å². The number of phenols is 2. The van der Waals surface area contributed by atoms with Crippen LogP contribution in [0.15, 0.2) is 51.7 Å². The van der Waals surface area contributed by atoms with E-state index in [1.165, 1.54) is 11.8 Å². The molecule has 1 aliphatic heterocycles. The topological polar surface area (TPSA) is 205 Å². The van der Waals surface area contributed by atoms with Crippen LogP contribution >= 0.6 is 11.8 Å². The minimum absolute atomic E-state index is 0.157. The van der Waals surface area contributed by atoms with E-state index in [1.807, 2.05) is 0 Å². The van der Waals surface area contributed by atoms with Crippen molar-refractivity contribution in [3.63, 3.8) is 0 Å². The summed E-state index contributed by atoms with van der Waals surface area (Å²) in [7, 11) is 1.15. The number of thioether (sulfide) groups is 1. The lowest BCUT2D eigenvalue weighted by atomic mass is 9.98. The monoisotopic (exact) mass is 591 g/mol. The molecule has 6 atom stereocenters. The molecule has 1 aliphatic rings. The normalized spacial score (nSPS) is 23.1. The number of benzene rings is 2. The van der Waals surface area contributed by atoms with Gasteiger partial charge in [-0.05, 0) is 18.4 Å². The quantitative estimate of drug-likeness (QED) is 0.148. The fourth-order valence-corrected chi connectivity index (χ4v) is 4.74. The number of aromatic hydroxyl groups is 2. The molecular formula is C27H29NO12S. The first kappa shape index (κ1) is 30.1. The number of methoxy groups -OCH3 is 1. The Morgan fingerprint density at radius 3 is 2.41 bits per heavy atom. The maximum atomic E-state index is 13.0. The second-order valence-electron chi connectivity index (χ2n) is 9.17. The Hall–Kier alpha value is -3.82. The molecule has 13 nitrogen and oxygen atoms in total. The number of carbonyl (C=O) groups excluding carboxylic acids is 2. The number of rotatable bonds is 9. The number of nitrogens with one attached hydrogen (secondary N) is 1. The van der Waals surface area contributed by atoms with Gasteiger partial charge in [0.25, 0.3) is 5.91 Å². The number of esters is 1. The van der Waals surface area contributed by atoms with Gasteiger partial charge in [0, 0.05) is 17.7 Å². The molecule has 1 amide bonds. The van der Waals surface area contributed by atoms with E-state index in [0.717, 1.165) is 19.2 Å². The summed E-state index contributed by atoms with van der Waals surface area (Å²) < 4.78 is 21.5.